The molecule has 0 bridgehead atoms. The molecule has 0 aromatic carbocycles. The monoisotopic (exact) mass is 349 g/mol. The molecule has 1 aromatic heterocycles. The Morgan fingerprint density at radius 3 is 2.95 bits per heavy atom. The van der Waals surface area contributed by atoms with Gasteiger partial charge < -0.3 is 14.5 Å². The van der Waals surface area contributed by atoms with Crippen LogP contribution in [-0.2, 0) is 19.4 Å². The second-order valence-corrected chi connectivity index (χ2v) is 8.57. The topological polar surface area (TPSA) is 111 Å². The highest BCUT2D eigenvalue weighted by atomic mass is 32.2. The Morgan fingerprint density at radius 1 is 1.55 bits per heavy atom. The van der Waals surface area contributed by atoms with Crippen molar-refractivity contribution in [1.82, 2.24) is 15.5 Å². The van der Waals surface area contributed by atoms with E-state index < -0.39 is 15.1 Å². The Kier molecular flexibility index (Phi) is 5.81. The van der Waals surface area contributed by atoms with E-state index in [-0.39, 0.29) is 28.6 Å². The minimum absolute atomic E-state index is 0.0480. The average Bonchev–Trinajstić information content (AvgIpc) is 3.05. The number of carbonyl (C=O) groups is 1. The van der Waals surface area contributed by atoms with E-state index in [0.29, 0.717) is 25.5 Å². The maximum atomic E-state index is 11.8. The van der Waals surface area contributed by atoms with E-state index in [1.807, 2.05) is 0 Å². The number of sulfone groups is 1. The Hall–Kier alpha value is -1.13. The Labute approximate surface area is 133 Å². The molecule has 124 valence electrons. The van der Waals surface area contributed by atoms with Crippen LogP contribution < -0.4 is 5.32 Å². The number of nitrogens with zero attached hydrogens (tertiary/aromatic N) is 2. The number of aromatic nitrogens is 2. The van der Waals surface area contributed by atoms with Crippen molar-refractivity contribution in [2.75, 3.05) is 31.8 Å². The highest BCUT2D eigenvalue weighted by Gasteiger charge is 2.33. The summed E-state index contributed by atoms with van der Waals surface area (Å²) in [4.78, 5) is 11.8. The number of carbonyl (C=O) groups excluding carboxylic acids is 1. The van der Waals surface area contributed by atoms with Crippen molar-refractivity contribution in [2.24, 2.45) is 0 Å². The standard InChI is InChI=1S/C12H19N3O5S2/c1-8(10(16)13-4-5-19-2)21-12-15-14-11(20-12)9-3-6-22(17,18)7-9/h8-9H,3-7H2,1-2H3,(H,13,16)/t8-,9+/m0/s1. The lowest BCUT2D eigenvalue weighted by Gasteiger charge is -2.09. The summed E-state index contributed by atoms with van der Waals surface area (Å²) in [5.74, 6) is 0.145. The lowest BCUT2D eigenvalue weighted by atomic mass is 10.1. The molecule has 22 heavy (non-hydrogen) atoms. The van der Waals surface area contributed by atoms with E-state index >= 15 is 0 Å². The van der Waals surface area contributed by atoms with Gasteiger partial charge in [-0.15, -0.1) is 10.2 Å². The first-order valence-electron chi connectivity index (χ1n) is 6.88. The summed E-state index contributed by atoms with van der Waals surface area (Å²) in [7, 11) is -1.43. The summed E-state index contributed by atoms with van der Waals surface area (Å²) in [6, 6.07) is 0. The van der Waals surface area contributed by atoms with E-state index in [4.69, 9.17) is 9.15 Å². The molecule has 1 amide bonds. The average molecular weight is 349 g/mol. The fourth-order valence-corrected chi connectivity index (χ4v) is 4.49. The summed E-state index contributed by atoms with van der Waals surface area (Å²) in [5, 5.41) is 10.4. The zero-order chi connectivity index (χ0) is 16.2. The molecule has 1 aliphatic rings. The first-order valence-corrected chi connectivity index (χ1v) is 9.58. The van der Waals surface area contributed by atoms with E-state index in [9.17, 15) is 13.2 Å². The van der Waals surface area contributed by atoms with Crippen LogP contribution in [0.4, 0.5) is 0 Å². The van der Waals surface area contributed by atoms with Crippen LogP contribution in [-0.4, -0.2) is 61.5 Å². The van der Waals surface area contributed by atoms with Crippen molar-refractivity contribution >= 4 is 27.5 Å². The summed E-state index contributed by atoms with van der Waals surface area (Å²) in [6.07, 6.45) is 0.502. The van der Waals surface area contributed by atoms with Gasteiger partial charge in [-0.3, -0.25) is 4.79 Å². The zero-order valence-electron chi connectivity index (χ0n) is 12.4. The van der Waals surface area contributed by atoms with Gasteiger partial charge in [0, 0.05) is 13.7 Å². The highest BCUT2D eigenvalue weighted by Crippen LogP contribution is 2.30. The molecule has 0 spiro atoms. The van der Waals surface area contributed by atoms with Gasteiger partial charge in [-0.1, -0.05) is 11.8 Å². The van der Waals surface area contributed by atoms with Crippen LogP contribution in [0.15, 0.2) is 9.64 Å². The fourth-order valence-electron chi connectivity index (χ4n) is 2.05. The number of rotatable bonds is 7. The molecule has 0 saturated carbocycles. The molecule has 1 saturated heterocycles. The van der Waals surface area contributed by atoms with Gasteiger partial charge in [-0.05, 0) is 13.3 Å². The van der Waals surface area contributed by atoms with Crippen LogP contribution in [0.25, 0.3) is 0 Å². The van der Waals surface area contributed by atoms with Crippen LogP contribution in [0, 0.1) is 0 Å². The van der Waals surface area contributed by atoms with Crippen molar-refractivity contribution in [3.05, 3.63) is 5.89 Å². The van der Waals surface area contributed by atoms with Gasteiger partial charge in [-0.2, -0.15) is 0 Å². The fraction of sp³-hybridized carbons (Fsp3) is 0.750. The SMILES string of the molecule is COCCNC(=O)[C@H](C)Sc1nnc([C@@H]2CCS(=O)(=O)C2)o1. The molecular formula is C12H19N3O5S2. The van der Waals surface area contributed by atoms with Crippen molar-refractivity contribution < 1.29 is 22.4 Å². The first-order chi connectivity index (χ1) is 10.4. The van der Waals surface area contributed by atoms with E-state index in [2.05, 4.69) is 15.5 Å². The van der Waals surface area contributed by atoms with Gasteiger partial charge in [0.05, 0.1) is 29.3 Å². The van der Waals surface area contributed by atoms with E-state index in [1.165, 1.54) is 0 Å². The summed E-state index contributed by atoms with van der Waals surface area (Å²) in [6.45, 7) is 2.62. The largest absolute Gasteiger partial charge is 0.416 e. The van der Waals surface area contributed by atoms with Crippen molar-refractivity contribution in [2.45, 2.75) is 29.7 Å². The molecule has 1 N–H and O–H groups in total. The molecule has 1 aliphatic heterocycles. The second-order valence-electron chi connectivity index (χ2n) is 5.05. The third-order valence-corrected chi connectivity index (χ3v) is 5.96. The minimum atomic E-state index is -2.99. The summed E-state index contributed by atoms with van der Waals surface area (Å²) >= 11 is 1.15. The van der Waals surface area contributed by atoms with Gasteiger partial charge >= 0.3 is 0 Å². The molecule has 8 nitrogen and oxygen atoms in total. The molecule has 2 heterocycles. The molecule has 2 atom stereocenters. The van der Waals surface area contributed by atoms with Gasteiger partial charge in [0.2, 0.25) is 11.8 Å². The Morgan fingerprint density at radius 2 is 2.32 bits per heavy atom. The summed E-state index contributed by atoms with van der Waals surface area (Å²) < 4.78 is 33.2. The Balaban J connectivity index is 1.88. The molecule has 0 radical (unpaired) electrons. The Bertz CT molecular complexity index is 616. The lowest BCUT2D eigenvalue weighted by Crippen LogP contribution is -2.33. The molecule has 2 rings (SSSR count). The normalized spacial score (nSPS) is 21.6. The molecular weight excluding hydrogens is 330 g/mol. The number of amides is 1. The number of hydrogen-bond donors (Lipinski definition) is 1. The molecule has 0 aliphatic carbocycles. The third-order valence-electron chi connectivity index (χ3n) is 3.26. The molecule has 1 aromatic rings. The smallest absolute Gasteiger partial charge is 0.277 e. The van der Waals surface area contributed by atoms with E-state index in [1.54, 1.807) is 14.0 Å². The molecule has 0 unspecified atom stereocenters. The number of hydrogen-bond acceptors (Lipinski definition) is 8. The van der Waals surface area contributed by atoms with Gasteiger partial charge in [0.1, 0.15) is 0 Å². The second kappa shape index (κ2) is 7.42. The third kappa shape index (κ3) is 4.68. The predicted molar refractivity (Wildman–Crippen MR) is 80.5 cm³/mol. The quantitative estimate of drug-likeness (QED) is 0.549. The van der Waals surface area contributed by atoms with Crippen molar-refractivity contribution in [1.29, 1.82) is 0 Å². The van der Waals surface area contributed by atoms with Gasteiger partial charge in [0.25, 0.3) is 5.22 Å². The van der Waals surface area contributed by atoms with Crippen LogP contribution in [0.3, 0.4) is 0 Å². The maximum absolute atomic E-state index is 11.8. The first kappa shape index (κ1) is 17.2. The number of thioether (sulfide) groups is 1. The van der Waals surface area contributed by atoms with Gasteiger partial charge in [-0.25, -0.2) is 8.42 Å². The van der Waals surface area contributed by atoms with Gasteiger partial charge in [0.15, 0.2) is 9.84 Å². The van der Waals surface area contributed by atoms with E-state index in [0.717, 1.165) is 11.8 Å². The highest BCUT2D eigenvalue weighted by molar-refractivity contribution is 8.00. The van der Waals surface area contributed by atoms with Crippen LogP contribution in [0.2, 0.25) is 0 Å². The maximum Gasteiger partial charge on any atom is 0.277 e. The number of nitrogens with one attached hydrogen (secondary N) is 1. The van der Waals surface area contributed by atoms with Crippen molar-refractivity contribution in [3.8, 4) is 0 Å². The van der Waals surface area contributed by atoms with Crippen LogP contribution in [0.5, 0.6) is 0 Å². The predicted octanol–water partition coefficient (Wildman–Crippen LogP) is 0.215. The lowest BCUT2D eigenvalue weighted by molar-refractivity contribution is -0.120. The number of ether oxygens (including phenoxy) is 1. The van der Waals surface area contributed by atoms with Crippen LogP contribution >= 0.6 is 11.8 Å². The minimum Gasteiger partial charge on any atom is -0.416 e. The summed E-state index contributed by atoms with van der Waals surface area (Å²) in [5.41, 5.74) is 0. The van der Waals surface area contributed by atoms with Crippen LogP contribution in [0.1, 0.15) is 25.2 Å². The molecule has 1 fully saturated rings. The van der Waals surface area contributed by atoms with Crippen molar-refractivity contribution in [3.63, 3.8) is 0 Å². The molecule has 10 heteroatoms. The number of methoxy groups -OCH3 is 1. The zero-order valence-corrected chi connectivity index (χ0v) is 14.1.